The molecule has 0 bridgehead atoms. The van der Waals surface area contributed by atoms with Crippen LogP contribution < -0.4 is 0 Å². The van der Waals surface area contributed by atoms with Gasteiger partial charge in [0.05, 0.1) is 0 Å². The van der Waals surface area contributed by atoms with E-state index in [0.717, 1.165) is 26.1 Å². The Balaban J connectivity index is 1.51. The molecule has 3 rings (SSSR count). The number of rotatable bonds is 5. The summed E-state index contributed by atoms with van der Waals surface area (Å²) in [7, 11) is 0. The monoisotopic (exact) mass is 334 g/mol. The number of aromatic nitrogens is 2. The van der Waals surface area contributed by atoms with Crippen molar-refractivity contribution in [3.63, 3.8) is 0 Å². The van der Waals surface area contributed by atoms with Crippen molar-refractivity contribution in [3.05, 3.63) is 53.9 Å². The first-order valence-corrected chi connectivity index (χ1v) is 8.02. The van der Waals surface area contributed by atoms with Crippen molar-refractivity contribution < 1.29 is 13.6 Å². The first-order valence-electron chi connectivity index (χ1n) is 8.02. The number of hydrogen-bond donors (Lipinski definition) is 0. The molecule has 5 nitrogen and oxygen atoms in total. The zero-order valence-electron chi connectivity index (χ0n) is 13.3. The van der Waals surface area contributed by atoms with Crippen LogP contribution in [0, 0.1) is 0 Å². The third-order valence-electron chi connectivity index (χ3n) is 4.29. The van der Waals surface area contributed by atoms with E-state index in [-0.39, 0.29) is 11.6 Å². The molecule has 0 unspecified atom stereocenters. The number of hydrogen-bond acceptors (Lipinski definition) is 3. The van der Waals surface area contributed by atoms with Crippen molar-refractivity contribution in [1.29, 1.82) is 0 Å². The van der Waals surface area contributed by atoms with Crippen LogP contribution in [-0.2, 0) is 6.42 Å². The Morgan fingerprint density at radius 2 is 1.79 bits per heavy atom. The standard InChI is InChI=1S/C17H20F2N4O/c18-17(19)23-15(6-8-20-23)16(24)22-12-10-21(11-13-22)9-7-14-4-2-1-3-5-14/h1-6,8,17H,7,9-13H2. The van der Waals surface area contributed by atoms with Crippen LogP contribution in [0.25, 0.3) is 0 Å². The largest absolute Gasteiger partial charge is 0.335 e. The molecular weight excluding hydrogens is 314 g/mol. The summed E-state index contributed by atoms with van der Waals surface area (Å²) in [5, 5.41) is 3.52. The quantitative estimate of drug-likeness (QED) is 0.842. The van der Waals surface area contributed by atoms with Gasteiger partial charge in [-0.3, -0.25) is 9.69 Å². The summed E-state index contributed by atoms with van der Waals surface area (Å²) in [6.45, 7) is 0.722. The van der Waals surface area contributed by atoms with E-state index in [1.807, 2.05) is 18.2 Å². The summed E-state index contributed by atoms with van der Waals surface area (Å²) in [6, 6.07) is 11.6. The van der Waals surface area contributed by atoms with Crippen molar-refractivity contribution in [1.82, 2.24) is 19.6 Å². The predicted molar refractivity (Wildman–Crippen MR) is 86.0 cm³/mol. The number of carbonyl (C=O) groups is 1. The third kappa shape index (κ3) is 3.79. The third-order valence-corrected chi connectivity index (χ3v) is 4.29. The summed E-state index contributed by atoms with van der Waals surface area (Å²) in [6.07, 6.45) is 2.20. The molecule has 0 radical (unpaired) electrons. The maximum atomic E-state index is 12.8. The van der Waals surface area contributed by atoms with E-state index in [9.17, 15) is 13.6 Å². The number of carbonyl (C=O) groups excluding carboxylic acids is 1. The molecule has 7 heteroatoms. The normalized spacial score (nSPS) is 15.9. The predicted octanol–water partition coefficient (Wildman–Crippen LogP) is 2.28. The summed E-state index contributed by atoms with van der Waals surface area (Å²) < 4.78 is 26.1. The average Bonchev–Trinajstić information content (AvgIpc) is 3.11. The topological polar surface area (TPSA) is 41.4 Å². The van der Waals surface area contributed by atoms with Crippen LogP contribution >= 0.6 is 0 Å². The van der Waals surface area contributed by atoms with Gasteiger partial charge >= 0.3 is 6.55 Å². The van der Waals surface area contributed by atoms with Crippen LogP contribution in [0.3, 0.4) is 0 Å². The smallest absolute Gasteiger partial charge is 0.333 e. The van der Waals surface area contributed by atoms with E-state index in [1.165, 1.54) is 17.8 Å². The van der Waals surface area contributed by atoms with E-state index >= 15 is 0 Å². The van der Waals surface area contributed by atoms with Crippen molar-refractivity contribution in [2.45, 2.75) is 13.0 Å². The molecule has 1 aromatic heterocycles. The molecule has 128 valence electrons. The van der Waals surface area contributed by atoms with Crippen LogP contribution in [0.1, 0.15) is 22.6 Å². The molecule has 0 N–H and O–H groups in total. The summed E-state index contributed by atoms with van der Waals surface area (Å²) in [4.78, 5) is 16.3. The van der Waals surface area contributed by atoms with Crippen molar-refractivity contribution in [2.75, 3.05) is 32.7 Å². The Labute approximate surface area is 139 Å². The van der Waals surface area contributed by atoms with Crippen LogP contribution in [0.5, 0.6) is 0 Å². The molecular formula is C17H20F2N4O. The van der Waals surface area contributed by atoms with Gasteiger partial charge in [0.25, 0.3) is 5.91 Å². The second-order valence-corrected chi connectivity index (χ2v) is 5.81. The summed E-state index contributed by atoms with van der Waals surface area (Å²) >= 11 is 0. The number of amides is 1. The van der Waals surface area contributed by atoms with Crippen molar-refractivity contribution in [3.8, 4) is 0 Å². The molecule has 2 aromatic rings. The maximum Gasteiger partial charge on any atom is 0.333 e. The highest BCUT2D eigenvalue weighted by molar-refractivity contribution is 5.92. The number of halogens is 2. The van der Waals surface area contributed by atoms with E-state index in [2.05, 4.69) is 22.1 Å². The lowest BCUT2D eigenvalue weighted by atomic mass is 10.1. The first kappa shape index (κ1) is 16.6. The molecule has 0 aliphatic carbocycles. The maximum absolute atomic E-state index is 12.8. The Kier molecular flexibility index (Phi) is 5.20. The minimum absolute atomic E-state index is 0.0530. The van der Waals surface area contributed by atoms with Crippen molar-refractivity contribution in [2.24, 2.45) is 0 Å². The van der Waals surface area contributed by atoms with Gasteiger partial charge in [0.2, 0.25) is 0 Å². The van der Waals surface area contributed by atoms with E-state index in [0.29, 0.717) is 17.8 Å². The van der Waals surface area contributed by atoms with Gasteiger partial charge in [0, 0.05) is 38.9 Å². The molecule has 1 fully saturated rings. The van der Waals surface area contributed by atoms with Crippen LogP contribution in [0.15, 0.2) is 42.6 Å². The van der Waals surface area contributed by atoms with Gasteiger partial charge in [-0.15, -0.1) is 0 Å². The zero-order chi connectivity index (χ0) is 16.9. The molecule has 2 heterocycles. The number of alkyl halides is 2. The second-order valence-electron chi connectivity index (χ2n) is 5.81. The Hall–Kier alpha value is -2.28. The molecule has 1 saturated heterocycles. The Morgan fingerprint density at radius 1 is 1.08 bits per heavy atom. The van der Waals surface area contributed by atoms with Gasteiger partial charge < -0.3 is 4.90 Å². The van der Waals surface area contributed by atoms with Gasteiger partial charge in [-0.05, 0) is 18.1 Å². The first-order chi connectivity index (χ1) is 11.6. The number of piperazine rings is 1. The van der Waals surface area contributed by atoms with Gasteiger partial charge in [-0.1, -0.05) is 30.3 Å². The lowest BCUT2D eigenvalue weighted by molar-refractivity contribution is 0.0427. The second kappa shape index (κ2) is 7.53. The molecule has 1 aliphatic heterocycles. The highest BCUT2D eigenvalue weighted by Gasteiger charge is 2.26. The summed E-state index contributed by atoms with van der Waals surface area (Å²) in [5.74, 6) is -0.379. The number of nitrogens with zero attached hydrogens (tertiary/aromatic N) is 4. The fourth-order valence-electron chi connectivity index (χ4n) is 2.91. The van der Waals surface area contributed by atoms with Crippen LogP contribution in [0.2, 0.25) is 0 Å². The van der Waals surface area contributed by atoms with Gasteiger partial charge in [-0.25, -0.2) is 0 Å². The highest BCUT2D eigenvalue weighted by Crippen LogP contribution is 2.15. The zero-order valence-corrected chi connectivity index (χ0v) is 13.3. The van der Waals surface area contributed by atoms with E-state index < -0.39 is 6.55 Å². The van der Waals surface area contributed by atoms with Crippen LogP contribution in [-0.4, -0.2) is 58.2 Å². The fourth-order valence-corrected chi connectivity index (χ4v) is 2.91. The molecule has 24 heavy (non-hydrogen) atoms. The average molecular weight is 334 g/mol. The van der Waals surface area contributed by atoms with Crippen molar-refractivity contribution >= 4 is 5.91 Å². The van der Waals surface area contributed by atoms with Gasteiger partial charge in [0.15, 0.2) is 0 Å². The van der Waals surface area contributed by atoms with E-state index in [1.54, 1.807) is 4.90 Å². The minimum atomic E-state index is -2.80. The van der Waals surface area contributed by atoms with E-state index in [4.69, 9.17) is 0 Å². The highest BCUT2D eigenvalue weighted by atomic mass is 19.3. The number of benzene rings is 1. The van der Waals surface area contributed by atoms with Gasteiger partial charge in [0.1, 0.15) is 5.69 Å². The molecule has 1 aromatic carbocycles. The fraction of sp³-hybridized carbons (Fsp3) is 0.412. The Bertz CT molecular complexity index is 666. The summed E-state index contributed by atoms with van der Waals surface area (Å²) in [5.41, 5.74) is 1.24. The molecule has 0 saturated carbocycles. The van der Waals surface area contributed by atoms with Gasteiger partial charge in [-0.2, -0.15) is 18.6 Å². The molecule has 0 atom stereocenters. The molecule has 1 aliphatic rings. The lowest BCUT2D eigenvalue weighted by Gasteiger charge is -2.34. The molecule has 1 amide bonds. The minimum Gasteiger partial charge on any atom is -0.335 e. The van der Waals surface area contributed by atoms with Crippen LogP contribution in [0.4, 0.5) is 8.78 Å². The SMILES string of the molecule is O=C(c1ccnn1C(F)F)N1CCN(CCc2ccccc2)CC1. The lowest BCUT2D eigenvalue weighted by Crippen LogP contribution is -2.49. The Morgan fingerprint density at radius 3 is 2.46 bits per heavy atom. The molecule has 0 spiro atoms.